The van der Waals surface area contributed by atoms with Gasteiger partial charge in [0.05, 0.1) is 11.1 Å². The summed E-state index contributed by atoms with van der Waals surface area (Å²) in [7, 11) is 0. The normalized spacial score (nSPS) is 20.9. The summed E-state index contributed by atoms with van der Waals surface area (Å²) >= 11 is 0. The lowest BCUT2D eigenvalue weighted by atomic mass is 10.1. The summed E-state index contributed by atoms with van der Waals surface area (Å²) in [5, 5.41) is 0. The highest BCUT2D eigenvalue weighted by Crippen LogP contribution is 2.34. The first-order valence-corrected chi connectivity index (χ1v) is 11.0. The molecule has 0 bridgehead atoms. The molecule has 2 aromatic carbocycles. The van der Waals surface area contributed by atoms with Crippen molar-refractivity contribution in [1.82, 2.24) is 9.55 Å². The number of rotatable bonds is 7. The Bertz CT molecular complexity index is 1350. The molecule has 0 spiro atoms. The number of nitrogens with zero attached hydrogens (tertiary/aromatic N) is 1. The van der Waals surface area contributed by atoms with Gasteiger partial charge in [-0.1, -0.05) is 36.4 Å². The largest absolute Gasteiger partial charge is 0.459 e. The molecule has 3 unspecified atom stereocenters. The van der Waals surface area contributed by atoms with Crippen LogP contribution in [0.15, 0.2) is 82.5 Å². The Labute approximate surface area is 204 Å². The van der Waals surface area contributed by atoms with Crippen molar-refractivity contribution in [2.45, 2.75) is 31.5 Å². The van der Waals surface area contributed by atoms with E-state index in [1.807, 2.05) is 0 Å². The molecule has 0 aliphatic carbocycles. The number of carbonyl (C=O) groups excluding carboxylic acids is 3. The van der Waals surface area contributed by atoms with Gasteiger partial charge in [0.25, 0.3) is 5.56 Å². The van der Waals surface area contributed by atoms with Gasteiger partial charge >= 0.3 is 23.6 Å². The lowest BCUT2D eigenvalue weighted by Crippen LogP contribution is -2.42. The minimum atomic E-state index is -1.29. The highest BCUT2D eigenvalue weighted by molar-refractivity contribution is 5.90. The number of hydrogen-bond acceptors (Lipinski definition) is 9. The van der Waals surface area contributed by atoms with Crippen LogP contribution in [0.5, 0.6) is 0 Å². The zero-order chi connectivity index (χ0) is 25.7. The highest BCUT2D eigenvalue weighted by atomic mass is 16.7. The number of H-pyrrole nitrogens is 1. The monoisotopic (exact) mass is 494 g/mol. The van der Waals surface area contributed by atoms with Crippen molar-refractivity contribution in [1.29, 1.82) is 0 Å². The molecule has 11 nitrogen and oxygen atoms in total. The minimum absolute atomic E-state index is 0.226. The number of esters is 3. The first-order valence-electron chi connectivity index (χ1n) is 11.0. The van der Waals surface area contributed by atoms with Crippen molar-refractivity contribution in [3.05, 3.63) is 105 Å². The molecule has 1 N–H and O–H groups in total. The molecule has 1 fully saturated rings. The van der Waals surface area contributed by atoms with Gasteiger partial charge in [0.1, 0.15) is 12.7 Å². The van der Waals surface area contributed by atoms with E-state index in [4.69, 9.17) is 18.9 Å². The van der Waals surface area contributed by atoms with Crippen LogP contribution in [0.1, 0.15) is 33.9 Å². The Morgan fingerprint density at radius 1 is 0.861 bits per heavy atom. The third kappa shape index (κ3) is 5.58. The second-order valence-corrected chi connectivity index (χ2v) is 7.86. The summed E-state index contributed by atoms with van der Waals surface area (Å²) in [6, 6.07) is 17.4. The Hall–Kier alpha value is -4.51. The van der Waals surface area contributed by atoms with Gasteiger partial charge < -0.3 is 18.9 Å². The molecule has 0 radical (unpaired) electrons. The van der Waals surface area contributed by atoms with Crippen molar-refractivity contribution in [2.24, 2.45) is 0 Å². The van der Waals surface area contributed by atoms with Gasteiger partial charge in [-0.2, -0.15) is 0 Å². The van der Waals surface area contributed by atoms with Gasteiger partial charge in [-0.25, -0.2) is 14.4 Å². The average Bonchev–Trinajstić information content (AvgIpc) is 3.19. The van der Waals surface area contributed by atoms with E-state index in [1.165, 1.54) is 12.1 Å². The Morgan fingerprint density at radius 3 is 2.06 bits per heavy atom. The van der Waals surface area contributed by atoms with Crippen molar-refractivity contribution in [2.75, 3.05) is 6.61 Å². The highest BCUT2D eigenvalue weighted by Gasteiger charge is 2.51. The van der Waals surface area contributed by atoms with E-state index in [1.54, 1.807) is 48.5 Å². The van der Waals surface area contributed by atoms with Crippen LogP contribution in [-0.4, -0.2) is 52.4 Å². The third-order valence-corrected chi connectivity index (χ3v) is 5.35. The van der Waals surface area contributed by atoms with Crippen LogP contribution in [0.2, 0.25) is 0 Å². The molecule has 36 heavy (non-hydrogen) atoms. The molecule has 1 saturated heterocycles. The van der Waals surface area contributed by atoms with E-state index < -0.39 is 53.7 Å². The van der Waals surface area contributed by atoms with Crippen LogP contribution in [0, 0.1) is 0 Å². The standard InChI is InChI=1S/C25H22N2O9/c1-15(28)34-21-20(36-24(31)17-10-6-3-7-11-17)18(14-33-23(30)16-8-4-2-5-9-16)35-22(21)27-13-12-19(29)26-25(27)32/h2-13,18,20-22H,14H2,1H3,(H,26,29,32)/t18-,20?,21?,22?/m0/s1. The molecule has 4 rings (SSSR count). The summed E-state index contributed by atoms with van der Waals surface area (Å²) in [6.07, 6.45) is -3.78. The molecular weight excluding hydrogens is 472 g/mol. The topological polar surface area (TPSA) is 143 Å². The second-order valence-electron chi connectivity index (χ2n) is 7.86. The van der Waals surface area contributed by atoms with E-state index >= 15 is 0 Å². The van der Waals surface area contributed by atoms with Crippen LogP contribution < -0.4 is 11.2 Å². The van der Waals surface area contributed by atoms with Crippen LogP contribution in [0.25, 0.3) is 0 Å². The molecule has 1 aromatic heterocycles. The molecule has 1 aliphatic heterocycles. The summed E-state index contributed by atoms with van der Waals surface area (Å²) in [5.74, 6) is -2.12. The molecule has 11 heteroatoms. The van der Waals surface area contributed by atoms with Crippen LogP contribution in [0.3, 0.4) is 0 Å². The van der Waals surface area contributed by atoms with Crippen LogP contribution >= 0.6 is 0 Å². The smallest absolute Gasteiger partial charge is 0.338 e. The maximum absolute atomic E-state index is 12.8. The van der Waals surface area contributed by atoms with E-state index in [2.05, 4.69) is 4.98 Å². The molecular formula is C25H22N2O9. The van der Waals surface area contributed by atoms with Gasteiger partial charge in [0.2, 0.25) is 0 Å². The van der Waals surface area contributed by atoms with Crippen molar-refractivity contribution >= 4 is 17.9 Å². The maximum atomic E-state index is 12.8. The molecule has 2 heterocycles. The number of benzene rings is 2. The van der Waals surface area contributed by atoms with E-state index in [0.29, 0.717) is 5.56 Å². The Balaban J connectivity index is 1.65. The summed E-state index contributed by atoms with van der Waals surface area (Å²) in [4.78, 5) is 63.4. The fourth-order valence-corrected chi connectivity index (χ4v) is 3.73. The minimum Gasteiger partial charge on any atom is -0.459 e. The molecule has 0 saturated carbocycles. The molecule has 3 aromatic rings. The fourth-order valence-electron chi connectivity index (χ4n) is 3.73. The summed E-state index contributed by atoms with van der Waals surface area (Å²) in [6.45, 7) is 0.762. The number of aromatic nitrogens is 2. The average molecular weight is 494 g/mol. The van der Waals surface area contributed by atoms with E-state index in [0.717, 1.165) is 23.8 Å². The first kappa shape index (κ1) is 24.6. The Morgan fingerprint density at radius 2 is 1.47 bits per heavy atom. The lowest BCUT2D eigenvalue weighted by Gasteiger charge is -2.24. The zero-order valence-corrected chi connectivity index (χ0v) is 19.1. The van der Waals surface area contributed by atoms with Crippen LogP contribution in [-0.2, 0) is 23.7 Å². The maximum Gasteiger partial charge on any atom is 0.338 e. The van der Waals surface area contributed by atoms with Gasteiger partial charge in [-0.15, -0.1) is 0 Å². The van der Waals surface area contributed by atoms with E-state index in [-0.39, 0.29) is 12.2 Å². The fraction of sp³-hybridized carbons (Fsp3) is 0.240. The predicted molar refractivity (Wildman–Crippen MR) is 123 cm³/mol. The Kier molecular flexibility index (Phi) is 7.40. The van der Waals surface area contributed by atoms with Gasteiger partial charge in [-0.3, -0.25) is 19.1 Å². The lowest BCUT2D eigenvalue weighted by molar-refractivity contribution is -0.156. The van der Waals surface area contributed by atoms with Crippen molar-refractivity contribution in [3.63, 3.8) is 0 Å². The van der Waals surface area contributed by atoms with Gasteiger partial charge in [-0.05, 0) is 24.3 Å². The number of hydrogen-bond donors (Lipinski definition) is 1. The number of nitrogens with one attached hydrogen (secondary N) is 1. The molecule has 1 aliphatic rings. The summed E-state index contributed by atoms with van der Waals surface area (Å²) < 4.78 is 23.4. The number of carbonyl (C=O) groups is 3. The zero-order valence-electron chi connectivity index (χ0n) is 19.1. The predicted octanol–water partition coefficient (Wildman–Crippen LogP) is 1.45. The number of ether oxygens (including phenoxy) is 4. The second kappa shape index (κ2) is 10.8. The number of aromatic amines is 1. The summed E-state index contributed by atoms with van der Waals surface area (Å²) in [5.41, 5.74) is -0.958. The van der Waals surface area contributed by atoms with Crippen molar-refractivity contribution < 1.29 is 33.3 Å². The quantitative estimate of drug-likeness (QED) is 0.381. The molecule has 186 valence electrons. The third-order valence-electron chi connectivity index (χ3n) is 5.35. The first-order chi connectivity index (χ1) is 17.3. The molecule has 4 atom stereocenters. The van der Waals surface area contributed by atoms with Crippen molar-refractivity contribution in [3.8, 4) is 0 Å². The van der Waals surface area contributed by atoms with Gasteiger partial charge in [0, 0.05) is 19.2 Å². The van der Waals surface area contributed by atoms with E-state index in [9.17, 15) is 24.0 Å². The SMILES string of the molecule is CC(=O)OC1C(OC(=O)c2ccccc2)[C@H](COC(=O)c2ccccc2)OC1n1ccc(=O)[nH]c1=O. The molecule has 0 amide bonds. The van der Waals surface area contributed by atoms with Crippen LogP contribution in [0.4, 0.5) is 0 Å². The van der Waals surface area contributed by atoms with Gasteiger partial charge in [0.15, 0.2) is 18.4 Å².